The van der Waals surface area contributed by atoms with Crippen LogP contribution in [0.25, 0.3) is 10.8 Å². The van der Waals surface area contributed by atoms with Crippen molar-refractivity contribution in [1.29, 1.82) is 0 Å². The predicted octanol–water partition coefficient (Wildman–Crippen LogP) is 4.24. The number of ether oxygens (including phenoxy) is 1. The third-order valence-corrected chi connectivity index (χ3v) is 4.76. The van der Waals surface area contributed by atoms with Crippen LogP contribution in [0.3, 0.4) is 0 Å². The van der Waals surface area contributed by atoms with E-state index in [4.69, 9.17) is 17.0 Å². The molecule has 0 aliphatic heterocycles. The number of nitrogens with one attached hydrogen (secondary N) is 3. The van der Waals surface area contributed by atoms with Crippen molar-refractivity contribution in [3.8, 4) is 5.75 Å². The van der Waals surface area contributed by atoms with E-state index in [2.05, 4.69) is 16.2 Å². The largest absolute Gasteiger partial charge is 0.481 e. The molecule has 3 rings (SSSR count). The van der Waals surface area contributed by atoms with E-state index in [1.165, 1.54) is 0 Å². The third kappa shape index (κ3) is 4.78. The lowest BCUT2D eigenvalue weighted by Gasteiger charge is -2.17. The molecule has 6 heteroatoms. The smallest absolute Gasteiger partial charge is 0.279 e. The van der Waals surface area contributed by atoms with Gasteiger partial charge < -0.3 is 10.1 Å². The lowest BCUT2D eigenvalue weighted by Crippen LogP contribution is -2.48. The normalized spacial score (nSPS) is 11.5. The average molecular weight is 394 g/mol. The second-order valence-electron chi connectivity index (χ2n) is 6.58. The molecule has 0 unspecified atom stereocenters. The highest BCUT2D eigenvalue weighted by atomic mass is 32.1. The van der Waals surface area contributed by atoms with Crippen LogP contribution in [0.5, 0.6) is 5.75 Å². The Kier molecular flexibility index (Phi) is 6.11. The number of carbonyl (C=O) groups is 1. The molecular formula is C22H23N3O2S. The van der Waals surface area contributed by atoms with Crippen LogP contribution < -0.4 is 20.9 Å². The van der Waals surface area contributed by atoms with Gasteiger partial charge in [0.05, 0.1) is 0 Å². The lowest BCUT2D eigenvalue weighted by molar-refractivity contribution is -0.127. The van der Waals surface area contributed by atoms with Crippen molar-refractivity contribution in [3.05, 3.63) is 71.8 Å². The first kappa shape index (κ1) is 19.6. The highest BCUT2D eigenvalue weighted by Gasteiger charge is 2.15. The number of hydrogen-bond acceptors (Lipinski definition) is 3. The zero-order chi connectivity index (χ0) is 20.1. The molecule has 0 radical (unpaired) electrons. The maximum atomic E-state index is 12.3. The second-order valence-corrected chi connectivity index (χ2v) is 6.99. The van der Waals surface area contributed by atoms with Gasteiger partial charge in [-0.1, -0.05) is 42.5 Å². The van der Waals surface area contributed by atoms with Crippen molar-refractivity contribution in [2.24, 2.45) is 0 Å². The molecule has 0 bridgehead atoms. The summed E-state index contributed by atoms with van der Waals surface area (Å²) in [6.45, 7) is 5.73. The number of carbonyl (C=O) groups excluding carboxylic acids is 1. The summed E-state index contributed by atoms with van der Waals surface area (Å²) in [5.74, 6) is 0.315. The minimum atomic E-state index is -0.683. The van der Waals surface area contributed by atoms with Gasteiger partial charge in [0, 0.05) is 5.69 Å². The lowest BCUT2D eigenvalue weighted by atomic mass is 10.1. The zero-order valence-electron chi connectivity index (χ0n) is 16.1. The average Bonchev–Trinajstić information content (AvgIpc) is 2.69. The molecule has 3 aromatic rings. The van der Waals surface area contributed by atoms with Crippen molar-refractivity contribution in [2.75, 3.05) is 5.32 Å². The number of anilines is 1. The Morgan fingerprint density at radius 3 is 2.50 bits per heavy atom. The van der Waals surface area contributed by atoms with Crippen molar-refractivity contribution >= 4 is 39.7 Å². The van der Waals surface area contributed by atoms with Gasteiger partial charge in [-0.15, -0.1) is 0 Å². The number of fused-ring (bicyclic) bond motifs is 1. The van der Waals surface area contributed by atoms with Gasteiger partial charge in [0.15, 0.2) is 11.2 Å². The third-order valence-electron chi connectivity index (χ3n) is 4.56. The van der Waals surface area contributed by atoms with Crippen LogP contribution in [0.2, 0.25) is 0 Å². The highest BCUT2D eigenvalue weighted by molar-refractivity contribution is 7.80. The molecule has 0 aromatic heterocycles. The van der Waals surface area contributed by atoms with Crippen LogP contribution in [0, 0.1) is 13.8 Å². The summed E-state index contributed by atoms with van der Waals surface area (Å²) in [5, 5.41) is 5.57. The molecule has 0 saturated carbocycles. The highest BCUT2D eigenvalue weighted by Crippen LogP contribution is 2.21. The monoisotopic (exact) mass is 393 g/mol. The molecule has 0 saturated heterocycles. The van der Waals surface area contributed by atoms with Crippen molar-refractivity contribution < 1.29 is 9.53 Å². The first-order valence-electron chi connectivity index (χ1n) is 9.02. The fraction of sp³-hybridized carbons (Fsp3) is 0.182. The van der Waals surface area contributed by atoms with Crippen LogP contribution in [-0.2, 0) is 4.79 Å². The van der Waals surface area contributed by atoms with E-state index in [9.17, 15) is 4.79 Å². The number of rotatable bonds is 4. The first-order chi connectivity index (χ1) is 13.4. The van der Waals surface area contributed by atoms with Gasteiger partial charge in [-0.3, -0.25) is 15.6 Å². The van der Waals surface area contributed by atoms with Crippen LogP contribution in [-0.4, -0.2) is 17.1 Å². The van der Waals surface area contributed by atoms with E-state index >= 15 is 0 Å². The van der Waals surface area contributed by atoms with Crippen LogP contribution >= 0.6 is 12.2 Å². The van der Waals surface area contributed by atoms with E-state index in [1.807, 2.05) is 74.5 Å². The van der Waals surface area contributed by atoms with Gasteiger partial charge in [0.1, 0.15) is 5.75 Å². The van der Waals surface area contributed by atoms with E-state index in [1.54, 1.807) is 6.92 Å². The van der Waals surface area contributed by atoms with Gasteiger partial charge >= 0.3 is 0 Å². The minimum absolute atomic E-state index is 0.306. The Bertz CT molecular complexity index is 1020. The standard InChI is InChI=1S/C22H23N3O2S/c1-14-7-6-10-20(15(14)2)23-22(28)25-24-21(26)16(3)27-19-12-11-17-8-4-5-9-18(17)13-19/h4-13,16H,1-3H3,(H,24,26)(H2,23,25,28)/t16-/m1/s1. The van der Waals surface area contributed by atoms with Crippen molar-refractivity contribution in [1.82, 2.24) is 10.9 Å². The SMILES string of the molecule is Cc1cccc(NC(=S)NNC(=O)[C@@H](C)Oc2ccc3ccccc3c2)c1C. The Hall–Kier alpha value is -3.12. The Balaban J connectivity index is 1.53. The number of amides is 1. The van der Waals surface area contributed by atoms with Gasteiger partial charge in [-0.2, -0.15) is 0 Å². The number of aryl methyl sites for hydroxylation is 1. The number of hydrazine groups is 1. The minimum Gasteiger partial charge on any atom is -0.481 e. The summed E-state index contributed by atoms with van der Waals surface area (Å²) in [5.41, 5.74) is 8.45. The zero-order valence-corrected chi connectivity index (χ0v) is 16.9. The molecule has 0 aliphatic carbocycles. The number of benzene rings is 3. The topological polar surface area (TPSA) is 62.4 Å². The molecule has 3 N–H and O–H groups in total. The molecule has 5 nitrogen and oxygen atoms in total. The summed E-state index contributed by atoms with van der Waals surface area (Å²) in [6.07, 6.45) is -0.683. The van der Waals surface area contributed by atoms with E-state index < -0.39 is 6.10 Å². The molecule has 3 aromatic carbocycles. The summed E-state index contributed by atoms with van der Waals surface area (Å²) in [7, 11) is 0. The molecule has 1 amide bonds. The van der Waals surface area contributed by atoms with Gasteiger partial charge in [-0.05, 0) is 73.1 Å². The molecule has 144 valence electrons. The first-order valence-corrected chi connectivity index (χ1v) is 9.43. The molecule has 0 aliphatic rings. The molecule has 0 heterocycles. The molecule has 0 spiro atoms. The summed E-state index contributed by atoms with van der Waals surface area (Å²) >= 11 is 5.25. The Morgan fingerprint density at radius 1 is 0.964 bits per heavy atom. The van der Waals surface area contributed by atoms with Crippen LogP contribution in [0.4, 0.5) is 5.69 Å². The van der Waals surface area contributed by atoms with Gasteiger partial charge in [-0.25, -0.2) is 0 Å². The van der Waals surface area contributed by atoms with Crippen LogP contribution in [0.1, 0.15) is 18.1 Å². The quantitative estimate of drug-likeness (QED) is 0.457. The Labute approximate surface area is 170 Å². The maximum absolute atomic E-state index is 12.3. The van der Waals surface area contributed by atoms with Crippen molar-refractivity contribution in [2.45, 2.75) is 26.9 Å². The summed E-state index contributed by atoms with van der Waals surface area (Å²) in [4.78, 5) is 12.3. The second kappa shape index (κ2) is 8.71. The molecular weight excluding hydrogens is 370 g/mol. The number of thiocarbonyl (C=S) groups is 1. The molecule has 28 heavy (non-hydrogen) atoms. The van der Waals surface area contributed by atoms with E-state index in [0.29, 0.717) is 10.9 Å². The Morgan fingerprint density at radius 2 is 1.71 bits per heavy atom. The fourth-order valence-electron chi connectivity index (χ4n) is 2.76. The van der Waals surface area contributed by atoms with Gasteiger partial charge in [0.25, 0.3) is 5.91 Å². The van der Waals surface area contributed by atoms with Gasteiger partial charge in [0.2, 0.25) is 0 Å². The molecule has 1 atom stereocenters. The van der Waals surface area contributed by atoms with Crippen LogP contribution in [0.15, 0.2) is 60.7 Å². The maximum Gasteiger partial charge on any atom is 0.279 e. The van der Waals surface area contributed by atoms with Crippen molar-refractivity contribution in [3.63, 3.8) is 0 Å². The van der Waals surface area contributed by atoms with E-state index in [0.717, 1.165) is 27.6 Å². The molecule has 0 fully saturated rings. The summed E-state index contributed by atoms with van der Waals surface area (Å²) in [6, 6.07) is 19.6. The van der Waals surface area contributed by atoms with E-state index in [-0.39, 0.29) is 5.91 Å². The fourth-order valence-corrected chi connectivity index (χ4v) is 2.92. The number of hydrogen-bond donors (Lipinski definition) is 3. The predicted molar refractivity (Wildman–Crippen MR) is 117 cm³/mol. The summed E-state index contributed by atoms with van der Waals surface area (Å²) < 4.78 is 5.75.